The number of esters is 1. The van der Waals surface area contributed by atoms with Crippen molar-refractivity contribution >= 4 is 18.0 Å². The van der Waals surface area contributed by atoms with E-state index in [-0.39, 0.29) is 11.1 Å². The topological polar surface area (TPSA) is 63.6 Å². The number of carbonyl (C=O) groups is 2. The van der Waals surface area contributed by atoms with E-state index in [1.807, 2.05) is 49.4 Å². The largest absolute Gasteiger partial charge is 0.478 e. The molecule has 1 rings (SSSR count). The fourth-order valence-electron chi connectivity index (χ4n) is 2.78. The van der Waals surface area contributed by atoms with Crippen molar-refractivity contribution in [3.8, 4) is 0 Å². The van der Waals surface area contributed by atoms with Gasteiger partial charge in [0.05, 0.1) is 12.7 Å². The number of hydrogen-bond acceptors (Lipinski definition) is 3. The van der Waals surface area contributed by atoms with Crippen LogP contribution in [0.25, 0.3) is 6.08 Å². The number of methoxy groups -OCH3 is 1. The van der Waals surface area contributed by atoms with E-state index < -0.39 is 17.9 Å². The number of ether oxygens (including phenoxy) is 1. The highest BCUT2D eigenvalue weighted by atomic mass is 16.5. The number of rotatable bonds is 11. The summed E-state index contributed by atoms with van der Waals surface area (Å²) in [6, 6.07) is 9.59. The molecule has 0 aliphatic carbocycles. The van der Waals surface area contributed by atoms with Crippen LogP contribution in [-0.2, 0) is 14.3 Å². The van der Waals surface area contributed by atoms with Crippen LogP contribution in [0.3, 0.4) is 0 Å². The van der Waals surface area contributed by atoms with Gasteiger partial charge in [-0.15, -0.1) is 0 Å². The summed E-state index contributed by atoms with van der Waals surface area (Å²) in [5.41, 5.74) is 1.90. The van der Waals surface area contributed by atoms with Crippen LogP contribution in [0, 0.1) is 5.92 Å². The number of unbranched alkanes of at least 4 members (excludes halogenated alkanes) is 1. The van der Waals surface area contributed by atoms with Crippen molar-refractivity contribution in [1.29, 1.82) is 0 Å². The van der Waals surface area contributed by atoms with Crippen molar-refractivity contribution in [1.82, 2.24) is 0 Å². The lowest BCUT2D eigenvalue weighted by Gasteiger charge is -2.20. The Balaban J connectivity index is 3.55. The average molecular weight is 380 g/mol. The Bertz CT molecular complexity index is 782. The summed E-state index contributed by atoms with van der Waals surface area (Å²) in [7, 11) is 1.29. The van der Waals surface area contributed by atoms with Gasteiger partial charge in [0, 0.05) is 11.5 Å². The number of carbonyl (C=O) groups excluding carboxylic acids is 1. The van der Waals surface area contributed by atoms with E-state index in [2.05, 4.69) is 13.2 Å². The fraction of sp³-hybridized carbons (Fsp3) is 0.250. The number of carboxylic acids is 1. The molecule has 0 radical (unpaired) electrons. The second-order valence-corrected chi connectivity index (χ2v) is 6.21. The quantitative estimate of drug-likeness (QED) is 0.319. The molecule has 148 valence electrons. The summed E-state index contributed by atoms with van der Waals surface area (Å²) in [4.78, 5) is 24.1. The zero-order chi connectivity index (χ0) is 20.9. The molecule has 0 saturated carbocycles. The summed E-state index contributed by atoms with van der Waals surface area (Å²) >= 11 is 0. The SMILES string of the molecule is C=CC=CC(C(=O)O)=C(CCCC)C(C=Cc1ccccc1)C(=C)C(=O)OC. The zero-order valence-electron chi connectivity index (χ0n) is 16.6. The maximum absolute atomic E-state index is 12.2. The van der Waals surface area contributed by atoms with E-state index in [0.717, 1.165) is 18.4 Å². The highest BCUT2D eigenvalue weighted by Crippen LogP contribution is 2.30. The minimum atomic E-state index is -1.06. The van der Waals surface area contributed by atoms with Crippen molar-refractivity contribution in [2.24, 2.45) is 5.92 Å². The summed E-state index contributed by atoms with van der Waals surface area (Å²) in [6.07, 6.45) is 10.5. The Morgan fingerprint density at radius 2 is 1.93 bits per heavy atom. The van der Waals surface area contributed by atoms with Crippen LogP contribution >= 0.6 is 0 Å². The Morgan fingerprint density at radius 1 is 1.25 bits per heavy atom. The number of allylic oxidation sites excluding steroid dienone is 4. The molecule has 28 heavy (non-hydrogen) atoms. The van der Waals surface area contributed by atoms with Gasteiger partial charge in [-0.3, -0.25) is 0 Å². The maximum atomic E-state index is 12.2. The molecule has 0 amide bonds. The number of benzene rings is 1. The second-order valence-electron chi connectivity index (χ2n) is 6.21. The molecule has 0 aromatic heterocycles. The van der Waals surface area contributed by atoms with E-state index in [1.54, 1.807) is 6.08 Å². The van der Waals surface area contributed by atoms with Gasteiger partial charge in [0.15, 0.2) is 0 Å². The molecule has 1 aromatic carbocycles. The van der Waals surface area contributed by atoms with Crippen molar-refractivity contribution < 1.29 is 19.4 Å². The average Bonchev–Trinajstić information content (AvgIpc) is 2.71. The first-order chi connectivity index (χ1) is 13.5. The zero-order valence-corrected chi connectivity index (χ0v) is 16.6. The van der Waals surface area contributed by atoms with E-state index in [4.69, 9.17) is 4.74 Å². The molecule has 0 aliphatic rings. The lowest BCUT2D eigenvalue weighted by Crippen LogP contribution is -2.17. The third kappa shape index (κ3) is 6.88. The predicted octanol–water partition coefficient (Wildman–Crippen LogP) is 5.36. The van der Waals surface area contributed by atoms with Gasteiger partial charge in [-0.25, -0.2) is 9.59 Å². The lowest BCUT2D eigenvalue weighted by atomic mass is 9.84. The molecule has 0 bridgehead atoms. The first-order valence-electron chi connectivity index (χ1n) is 9.22. The summed E-state index contributed by atoms with van der Waals surface area (Å²) in [5.74, 6) is -2.20. The molecular weight excluding hydrogens is 352 g/mol. The summed E-state index contributed by atoms with van der Waals surface area (Å²) in [5, 5.41) is 9.77. The third-order valence-corrected chi connectivity index (χ3v) is 4.25. The van der Waals surface area contributed by atoms with Gasteiger partial charge in [0.2, 0.25) is 0 Å². The molecule has 0 spiro atoms. The number of aliphatic carboxylic acids is 1. The minimum Gasteiger partial charge on any atom is -0.478 e. The Kier molecular flexibility index (Phi) is 10.0. The molecule has 1 atom stereocenters. The molecule has 0 heterocycles. The Hall–Kier alpha value is -3.14. The molecule has 4 heteroatoms. The molecule has 0 fully saturated rings. The van der Waals surface area contributed by atoms with Crippen molar-refractivity contribution in [3.05, 3.63) is 90.1 Å². The normalized spacial score (nSPS) is 13.2. The fourth-order valence-corrected chi connectivity index (χ4v) is 2.78. The van der Waals surface area contributed by atoms with Gasteiger partial charge in [0.25, 0.3) is 0 Å². The highest BCUT2D eigenvalue weighted by Gasteiger charge is 2.25. The van der Waals surface area contributed by atoms with Gasteiger partial charge in [0.1, 0.15) is 0 Å². The van der Waals surface area contributed by atoms with Crippen LogP contribution in [0.4, 0.5) is 0 Å². The van der Waals surface area contributed by atoms with Crippen LogP contribution in [0.1, 0.15) is 31.7 Å². The molecule has 0 aliphatic heterocycles. The van der Waals surface area contributed by atoms with E-state index in [0.29, 0.717) is 12.0 Å². The molecule has 1 aromatic rings. The highest BCUT2D eigenvalue weighted by molar-refractivity contribution is 5.93. The first-order valence-corrected chi connectivity index (χ1v) is 9.22. The minimum absolute atomic E-state index is 0.140. The third-order valence-electron chi connectivity index (χ3n) is 4.25. The van der Waals surface area contributed by atoms with Gasteiger partial charge in [-0.1, -0.05) is 81.1 Å². The van der Waals surface area contributed by atoms with Gasteiger partial charge in [-0.05, 0) is 30.1 Å². The monoisotopic (exact) mass is 380 g/mol. The second kappa shape index (κ2) is 12.3. The Labute approximate surface area is 167 Å². The number of carboxylic acid groups (broad SMARTS) is 1. The molecular formula is C24H28O4. The standard InChI is InChI=1S/C24H28O4/c1-5-7-14-21(22(23(25)26)15-8-6-2)20(18(3)24(27)28-4)17-16-19-12-10-9-11-13-19/h6,8-13,15-17,20H,2-3,5,7,14H2,1,4H3,(H,25,26). The molecule has 1 unspecified atom stereocenters. The van der Waals surface area contributed by atoms with Gasteiger partial charge in [-0.2, -0.15) is 0 Å². The lowest BCUT2D eigenvalue weighted by molar-refractivity contribution is -0.136. The molecule has 4 nitrogen and oxygen atoms in total. The van der Waals surface area contributed by atoms with Crippen molar-refractivity contribution in [3.63, 3.8) is 0 Å². The summed E-state index contributed by atoms with van der Waals surface area (Å²) < 4.78 is 4.84. The summed E-state index contributed by atoms with van der Waals surface area (Å²) in [6.45, 7) is 9.52. The van der Waals surface area contributed by atoms with Crippen LogP contribution in [0.15, 0.2) is 84.5 Å². The maximum Gasteiger partial charge on any atom is 0.335 e. The Morgan fingerprint density at radius 3 is 2.46 bits per heavy atom. The predicted molar refractivity (Wildman–Crippen MR) is 114 cm³/mol. The number of hydrogen-bond donors (Lipinski definition) is 1. The molecule has 0 saturated heterocycles. The van der Waals surface area contributed by atoms with Gasteiger partial charge < -0.3 is 9.84 Å². The van der Waals surface area contributed by atoms with E-state index >= 15 is 0 Å². The first kappa shape index (κ1) is 22.9. The van der Waals surface area contributed by atoms with Crippen molar-refractivity contribution in [2.45, 2.75) is 26.2 Å². The van der Waals surface area contributed by atoms with Crippen LogP contribution in [-0.4, -0.2) is 24.2 Å². The van der Waals surface area contributed by atoms with Crippen LogP contribution < -0.4 is 0 Å². The van der Waals surface area contributed by atoms with E-state index in [1.165, 1.54) is 19.3 Å². The van der Waals surface area contributed by atoms with Crippen LogP contribution in [0.5, 0.6) is 0 Å². The van der Waals surface area contributed by atoms with Crippen LogP contribution in [0.2, 0.25) is 0 Å². The van der Waals surface area contributed by atoms with E-state index in [9.17, 15) is 14.7 Å². The van der Waals surface area contributed by atoms with Gasteiger partial charge >= 0.3 is 11.9 Å². The smallest absolute Gasteiger partial charge is 0.335 e. The molecule has 1 N–H and O–H groups in total. The van der Waals surface area contributed by atoms with Crippen molar-refractivity contribution in [2.75, 3.05) is 7.11 Å².